The minimum absolute atomic E-state index is 0.157. The molecule has 0 fully saturated rings. The fourth-order valence-corrected chi connectivity index (χ4v) is 2.73. The molecule has 6 heteroatoms. The van der Waals surface area contributed by atoms with Crippen molar-refractivity contribution < 1.29 is 14.6 Å². The van der Waals surface area contributed by atoms with Crippen LogP contribution in [0.5, 0.6) is 11.5 Å². The first kappa shape index (κ1) is 16.2. The van der Waals surface area contributed by atoms with E-state index in [0.29, 0.717) is 5.75 Å². The van der Waals surface area contributed by atoms with Gasteiger partial charge in [0.2, 0.25) is 0 Å². The highest BCUT2D eigenvalue weighted by molar-refractivity contribution is 5.85. The molecule has 4 rings (SSSR count). The average Bonchev–Trinajstić information content (AvgIpc) is 3.36. The SMILES string of the molecule is OC(COc1ccc(-n2cccn2)cc1)COc1cccc2[nH]ccc12. The van der Waals surface area contributed by atoms with E-state index in [0.717, 1.165) is 22.3 Å². The van der Waals surface area contributed by atoms with Crippen molar-refractivity contribution in [1.29, 1.82) is 0 Å². The number of aliphatic hydroxyl groups is 1. The van der Waals surface area contributed by atoms with E-state index in [1.165, 1.54) is 0 Å². The van der Waals surface area contributed by atoms with Gasteiger partial charge in [0.25, 0.3) is 0 Å². The molecule has 0 saturated heterocycles. The molecule has 0 aliphatic carbocycles. The molecule has 0 spiro atoms. The van der Waals surface area contributed by atoms with Crippen LogP contribution >= 0.6 is 0 Å². The molecule has 6 nitrogen and oxygen atoms in total. The van der Waals surface area contributed by atoms with Gasteiger partial charge in [-0.05, 0) is 48.5 Å². The monoisotopic (exact) mass is 349 g/mol. The van der Waals surface area contributed by atoms with Gasteiger partial charge in [0.05, 0.1) is 5.69 Å². The molecule has 0 aliphatic rings. The number of H-pyrrole nitrogens is 1. The van der Waals surface area contributed by atoms with Gasteiger partial charge in [-0.2, -0.15) is 5.10 Å². The summed E-state index contributed by atoms with van der Waals surface area (Å²) in [6.45, 7) is 0.319. The van der Waals surface area contributed by atoms with Gasteiger partial charge in [-0.25, -0.2) is 4.68 Å². The van der Waals surface area contributed by atoms with Crippen molar-refractivity contribution >= 4 is 10.9 Å². The van der Waals surface area contributed by atoms with Crippen LogP contribution in [0.1, 0.15) is 0 Å². The highest BCUT2D eigenvalue weighted by Gasteiger charge is 2.09. The number of aromatic nitrogens is 3. The lowest BCUT2D eigenvalue weighted by molar-refractivity contribution is 0.0632. The molecule has 1 unspecified atom stereocenters. The Labute approximate surface area is 150 Å². The third kappa shape index (κ3) is 3.55. The van der Waals surface area contributed by atoms with Gasteiger partial charge in [0.1, 0.15) is 30.8 Å². The summed E-state index contributed by atoms with van der Waals surface area (Å²) < 4.78 is 13.1. The number of hydrogen-bond acceptors (Lipinski definition) is 4. The van der Waals surface area contributed by atoms with Crippen molar-refractivity contribution in [2.24, 2.45) is 0 Å². The molecule has 0 aliphatic heterocycles. The largest absolute Gasteiger partial charge is 0.491 e. The van der Waals surface area contributed by atoms with E-state index >= 15 is 0 Å². The summed E-state index contributed by atoms with van der Waals surface area (Å²) in [7, 11) is 0. The van der Waals surface area contributed by atoms with E-state index in [2.05, 4.69) is 10.1 Å². The first-order chi connectivity index (χ1) is 12.8. The van der Waals surface area contributed by atoms with Crippen molar-refractivity contribution in [3.63, 3.8) is 0 Å². The molecule has 0 amide bonds. The first-order valence-electron chi connectivity index (χ1n) is 8.39. The standard InChI is InChI=1S/C20H19N3O3/c24-16(14-26-20-4-1-3-19-18(20)9-11-21-19)13-25-17-7-5-15(6-8-17)23-12-2-10-22-23/h1-12,16,21,24H,13-14H2. The highest BCUT2D eigenvalue weighted by Crippen LogP contribution is 2.24. The lowest BCUT2D eigenvalue weighted by atomic mass is 10.2. The summed E-state index contributed by atoms with van der Waals surface area (Å²) in [4.78, 5) is 3.14. The summed E-state index contributed by atoms with van der Waals surface area (Å²) in [5, 5.41) is 15.3. The Balaban J connectivity index is 1.30. The molecule has 2 heterocycles. The average molecular weight is 349 g/mol. The second-order valence-corrected chi connectivity index (χ2v) is 5.92. The van der Waals surface area contributed by atoms with Crippen LogP contribution in [0, 0.1) is 0 Å². The zero-order chi connectivity index (χ0) is 17.8. The fourth-order valence-electron chi connectivity index (χ4n) is 2.73. The van der Waals surface area contributed by atoms with Crippen LogP contribution in [0.2, 0.25) is 0 Å². The molecule has 2 aromatic heterocycles. The van der Waals surface area contributed by atoms with Crippen LogP contribution in [-0.2, 0) is 0 Å². The maximum atomic E-state index is 10.1. The van der Waals surface area contributed by atoms with Crippen LogP contribution in [0.3, 0.4) is 0 Å². The lowest BCUT2D eigenvalue weighted by Gasteiger charge is -2.14. The van der Waals surface area contributed by atoms with Gasteiger partial charge in [0.15, 0.2) is 0 Å². The van der Waals surface area contributed by atoms with E-state index in [1.54, 1.807) is 10.9 Å². The first-order valence-corrected chi connectivity index (χ1v) is 8.39. The predicted octanol–water partition coefficient (Wildman–Crippen LogP) is 3.17. The molecule has 2 aromatic carbocycles. The van der Waals surface area contributed by atoms with E-state index in [1.807, 2.05) is 67.0 Å². The van der Waals surface area contributed by atoms with Crippen LogP contribution in [0.4, 0.5) is 0 Å². The summed E-state index contributed by atoms with van der Waals surface area (Å²) in [6.07, 6.45) is 4.75. The number of ether oxygens (including phenoxy) is 2. The second-order valence-electron chi connectivity index (χ2n) is 5.92. The molecule has 132 valence electrons. The van der Waals surface area contributed by atoms with Gasteiger partial charge >= 0.3 is 0 Å². The summed E-state index contributed by atoms with van der Waals surface area (Å²) in [5.74, 6) is 1.43. The Hall–Kier alpha value is -3.25. The molecule has 26 heavy (non-hydrogen) atoms. The summed E-state index contributed by atoms with van der Waals surface area (Å²) >= 11 is 0. The Kier molecular flexibility index (Phi) is 4.57. The Morgan fingerprint density at radius 1 is 1.00 bits per heavy atom. The van der Waals surface area contributed by atoms with Crippen molar-refractivity contribution in [2.75, 3.05) is 13.2 Å². The maximum absolute atomic E-state index is 10.1. The molecule has 4 aromatic rings. The quantitative estimate of drug-likeness (QED) is 0.537. The van der Waals surface area contributed by atoms with Gasteiger partial charge in [-0.1, -0.05) is 6.07 Å². The van der Waals surface area contributed by atoms with Crippen molar-refractivity contribution in [1.82, 2.24) is 14.8 Å². The number of benzene rings is 2. The normalized spacial score (nSPS) is 12.2. The van der Waals surface area contributed by atoms with Crippen LogP contribution in [0.15, 0.2) is 73.2 Å². The van der Waals surface area contributed by atoms with Crippen LogP contribution < -0.4 is 9.47 Å². The van der Waals surface area contributed by atoms with Crippen LogP contribution in [-0.4, -0.2) is 39.2 Å². The van der Waals surface area contributed by atoms with Gasteiger partial charge in [0, 0.05) is 29.5 Å². The summed E-state index contributed by atoms with van der Waals surface area (Å²) in [5.41, 5.74) is 1.95. The topological polar surface area (TPSA) is 72.3 Å². The smallest absolute Gasteiger partial charge is 0.128 e. The van der Waals surface area contributed by atoms with Gasteiger partial charge in [-0.3, -0.25) is 0 Å². The minimum atomic E-state index is -0.727. The van der Waals surface area contributed by atoms with E-state index in [9.17, 15) is 5.11 Å². The number of rotatable bonds is 7. The number of nitrogens with one attached hydrogen (secondary N) is 1. The van der Waals surface area contributed by atoms with Crippen LogP contribution in [0.25, 0.3) is 16.6 Å². The second kappa shape index (κ2) is 7.33. The van der Waals surface area contributed by atoms with Crippen molar-refractivity contribution in [2.45, 2.75) is 6.10 Å². The molecule has 0 bridgehead atoms. The summed E-state index contributed by atoms with van der Waals surface area (Å²) in [6, 6.07) is 17.1. The predicted molar refractivity (Wildman–Crippen MR) is 98.9 cm³/mol. The Bertz CT molecular complexity index is 962. The molecule has 0 radical (unpaired) electrons. The lowest BCUT2D eigenvalue weighted by Crippen LogP contribution is -2.25. The van der Waals surface area contributed by atoms with Gasteiger partial charge < -0.3 is 19.6 Å². The third-order valence-electron chi connectivity index (χ3n) is 4.03. The third-order valence-corrected chi connectivity index (χ3v) is 4.03. The van der Waals surface area contributed by atoms with Crippen molar-refractivity contribution in [3.8, 4) is 17.2 Å². The number of aliphatic hydroxyl groups excluding tert-OH is 1. The Morgan fingerprint density at radius 3 is 2.65 bits per heavy atom. The highest BCUT2D eigenvalue weighted by atomic mass is 16.5. The number of hydrogen-bond donors (Lipinski definition) is 2. The van der Waals surface area contributed by atoms with E-state index in [4.69, 9.17) is 9.47 Å². The molecular formula is C20H19N3O3. The molecular weight excluding hydrogens is 330 g/mol. The number of fused-ring (bicyclic) bond motifs is 1. The molecule has 0 saturated carbocycles. The van der Waals surface area contributed by atoms with Gasteiger partial charge in [-0.15, -0.1) is 0 Å². The van der Waals surface area contributed by atoms with Crippen molar-refractivity contribution in [3.05, 3.63) is 73.2 Å². The van der Waals surface area contributed by atoms with E-state index < -0.39 is 6.10 Å². The molecule has 1 atom stereocenters. The van der Waals surface area contributed by atoms with E-state index in [-0.39, 0.29) is 13.2 Å². The number of nitrogens with zero attached hydrogens (tertiary/aromatic N) is 2. The number of aromatic amines is 1. The zero-order valence-electron chi connectivity index (χ0n) is 14.1. The Morgan fingerprint density at radius 2 is 1.85 bits per heavy atom. The molecule has 2 N–H and O–H groups in total. The minimum Gasteiger partial charge on any atom is -0.491 e. The maximum Gasteiger partial charge on any atom is 0.128 e. The fraction of sp³-hybridized carbons (Fsp3) is 0.150. The zero-order valence-corrected chi connectivity index (χ0v) is 14.1.